The summed E-state index contributed by atoms with van der Waals surface area (Å²) in [5.41, 5.74) is 3.42. The number of nitrogens with one attached hydrogen (secondary N) is 1. The van der Waals surface area contributed by atoms with Gasteiger partial charge >= 0.3 is 0 Å². The van der Waals surface area contributed by atoms with Gasteiger partial charge < -0.3 is 5.32 Å². The highest BCUT2D eigenvalue weighted by Crippen LogP contribution is 2.16. The Bertz CT molecular complexity index is 737. The molecule has 0 aliphatic rings. The quantitative estimate of drug-likeness (QED) is 0.567. The first-order valence-electron chi connectivity index (χ1n) is 6.98. The largest absolute Gasteiger partial charge is 0.311 e. The van der Waals surface area contributed by atoms with E-state index in [2.05, 4.69) is 55.5 Å². The summed E-state index contributed by atoms with van der Waals surface area (Å²) in [6.07, 6.45) is 2.81. The second-order valence-corrected chi connectivity index (χ2v) is 5.68. The minimum atomic E-state index is 0.775. The second kappa shape index (κ2) is 6.78. The fourth-order valence-corrected chi connectivity index (χ4v) is 2.74. The number of aromatic nitrogens is 2. The van der Waals surface area contributed by atoms with Crippen molar-refractivity contribution in [1.82, 2.24) is 15.3 Å². The fraction of sp³-hybridized carbons (Fsp3) is 0.176. The maximum absolute atomic E-state index is 4.48. The van der Waals surface area contributed by atoms with E-state index < -0.39 is 0 Å². The molecule has 0 amide bonds. The summed E-state index contributed by atoms with van der Waals surface area (Å²) in [5, 5.41) is 4.63. The predicted octanol–water partition coefficient (Wildman–Crippen LogP) is 3.72. The van der Waals surface area contributed by atoms with Crippen LogP contribution < -0.4 is 5.32 Å². The molecule has 106 valence electrons. The molecule has 3 aromatic rings. The van der Waals surface area contributed by atoms with Gasteiger partial charge in [0.1, 0.15) is 4.60 Å². The molecule has 21 heavy (non-hydrogen) atoms. The minimum absolute atomic E-state index is 0.775. The van der Waals surface area contributed by atoms with E-state index in [4.69, 9.17) is 0 Å². The highest BCUT2D eigenvalue weighted by molar-refractivity contribution is 9.10. The Labute approximate surface area is 132 Å². The van der Waals surface area contributed by atoms with Gasteiger partial charge in [-0.25, -0.2) is 4.98 Å². The van der Waals surface area contributed by atoms with Crippen LogP contribution in [0.5, 0.6) is 0 Å². The van der Waals surface area contributed by atoms with Crippen molar-refractivity contribution in [2.75, 3.05) is 6.54 Å². The zero-order chi connectivity index (χ0) is 14.5. The van der Waals surface area contributed by atoms with Gasteiger partial charge in [0.2, 0.25) is 0 Å². The minimum Gasteiger partial charge on any atom is -0.311 e. The van der Waals surface area contributed by atoms with E-state index in [0.29, 0.717) is 0 Å². The van der Waals surface area contributed by atoms with Crippen molar-refractivity contribution in [3.05, 3.63) is 70.6 Å². The summed E-state index contributed by atoms with van der Waals surface area (Å²) in [6, 6.07) is 16.4. The lowest BCUT2D eigenvalue weighted by molar-refractivity contribution is 0.675. The number of fused-ring (bicyclic) bond motifs is 1. The summed E-state index contributed by atoms with van der Waals surface area (Å²) in [5.74, 6) is 0. The standard InChI is InChI=1S/C17H16BrN3/c18-16-8-2-7-15(21-16)12-19-11-9-14-5-1-4-13-6-3-10-20-17(13)14/h1-8,10,19H,9,11-12H2. The molecule has 0 saturated heterocycles. The van der Waals surface area contributed by atoms with Crippen LogP contribution in [0.3, 0.4) is 0 Å². The molecule has 0 fully saturated rings. The molecule has 2 heterocycles. The second-order valence-electron chi connectivity index (χ2n) is 4.87. The van der Waals surface area contributed by atoms with Crippen molar-refractivity contribution in [1.29, 1.82) is 0 Å². The van der Waals surface area contributed by atoms with Gasteiger partial charge in [0.15, 0.2) is 0 Å². The van der Waals surface area contributed by atoms with Crippen molar-refractivity contribution in [3.8, 4) is 0 Å². The van der Waals surface area contributed by atoms with Crippen molar-refractivity contribution in [3.63, 3.8) is 0 Å². The third-order valence-corrected chi connectivity index (χ3v) is 3.81. The lowest BCUT2D eigenvalue weighted by Gasteiger charge is -2.07. The lowest BCUT2D eigenvalue weighted by Crippen LogP contribution is -2.17. The number of nitrogens with zero attached hydrogens (tertiary/aromatic N) is 2. The van der Waals surface area contributed by atoms with Crippen LogP contribution in [0.4, 0.5) is 0 Å². The summed E-state index contributed by atoms with van der Waals surface area (Å²) < 4.78 is 0.875. The molecule has 0 spiro atoms. The van der Waals surface area contributed by atoms with Crippen LogP contribution in [-0.4, -0.2) is 16.5 Å². The molecule has 0 unspecified atom stereocenters. The monoisotopic (exact) mass is 341 g/mol. The first kappa shape index (κ1) is 14.2. The lowest BCUT2D eigenvalue weighted by atomic mass is 10.1. The summed E-state index contributed by atoms with van der Waals surface area (Å²) in [7, 11) is 0. The molecule has 3 nitrogen and oxygen atoms in total. The molecular formula is C17H16BrN3. The van der Waals surface area contributed by atoms with E-state index in [1.54, 1.807) is 0 Å². The van der Waals surface area contributed by atoms with Gasteiger partial charge in [0.05, 0.1) is 11.2 Å². The number of halogens is 1. The van der Waals surface area contributed by atoms with Crippen LogP contribution in [0.15, 0.2) is 59.3 Å². The Morgan fingerprint density at radius 3 is 2.76 bits per heavy atom. The Hall–Kier alpha value is -1.78. The summed E-state index contributed by atoms with van der Waals surface area (Å²) in [6.45, 7) is 1.68. The molecular weight excluding hydrogens is 326 g/mol. The SMILES string of the molecule is Brc1cccc(CNCCc2cccc3cccnc23)n1. The zero-order valence-electron chi connectivity index (χ0n) is 11.6. The zero-order valence-corrected chi connectivity index (χ0v) is 13.2. The number of rotatable bonds is 5. The average molecular weight is 342 g/mol. The van der Waals surface area contributed by atoms with E-state index in [9.17, 15) is 0 Å². The number of hydrogen-bond acceptors (Lipinski definition) is 3. The predicted molar refractivity (Wildman–Crippen MR) is 89.1 cm³/mol. The highest BCUT2D eigenvalue weighted by atomic mass is 79.9. The number of para-hydroxylation sites is 1. The smallest absolute Gasteiger partial charge is 0.106 e. The van der Waals surface area contributed by atoms with Crippen LogP contribution in [0.2, 0.25) is 0 Å². The maximum Gasteiger partial charge on any atom is 0.106 e. The van der Waals surface area contributed by atoms with E-state index >= 15 is 0 Å². The third kappa shape index (κ3) is 3.65. The van der Waals surface area contributed by atoms with Crippen molar-refractivity contribution in [2.24, 2.45) is 0 Å². The number of pyridine rings is 2. The molecule has 4 heteroatoms. The molecule has 1 N–H and O–H groups in total. The van der Waals surface area contributed by atoms with Gasteiger partial charge in [-0.15, -0.1) is 0 Å². The fourth-order valence-electron chi connectivity index (χ4n) is 2.36. The molecule has 0 aliphatic heterocycles. The Balaban J connectivity index is 1.60. The first-order valence-corrected chi connectivity index (χ1v) is 7.77. The molecule has 0 radical (unpaired) electrons. The van der Waals surface area contributed by atoms with Crippen LogP contribution in [0, 0.1) is 0 Å². The van der Waals surface area contributed by atoms with Crippen LogP contribution in [-0.2, 0) is 13.0 Å². The number of benzene rings is 1. The van der Waals surface area contributed by atoms with Crippen molar-refractivity contribution < 1.29 is 0 Å². The Morgan fingerprint density at radius 1 is 1.00 bits per heavy atom. The summed E-state index contributed by atoms with van der Waals surface area (Å²) >= 11 is 3.39. The van der Waals surface area contributed by atoms with Gasteiger partial charge in [-0.05, 0) is 52.7 Å². The van der Waals surface area contributed by atoms with E-state index in [0.717, 1.165) is 35.3 Å². The molecule has 1 aromatic carbocycles. The van der Waals surface area contributed by atoms with Gasteiger partial charge in [0.25, 0.3) is 0 Å². The van der Waals surface area contributed by atoms with Gasteiger partial charge in [-0.2, -0.15) is 0 Å². The van der Waals surface area contributed by atoms with Crippen LogP contribution in [0.25, 0.3) is 10.9 Å². The normalized spacial score (nSPS) is 10.9. The van der Waals surface area contributed by atoms with E-state index in [1.807, 2.05) is 30.5 Å². The van der Waals surface area contributed by atoms with Crippen LogP contribution >= 0.6 is 15.9 Å². The molecule has 0 aliphatic carbocycles. The highest BCUT2D eigenvalue weighted by Gasteiger charge is 2.01. The molecule has 0 saturated carbocycles. The first-order chi connectivity index (χ1) is 10.3. The topological polar surface area (TPSA) is 37.8 Å². The maximum atomic E-state index is 4.48. The molecule has 0 bridgehead atoms. The van der Waals surface area contributed by atoms with Crippen molar-refractivity contribution in [2.45, 2.75) is 13.0 Å². The van der Waals surface area contributed by atoms with Gasteiger partial charge in [-0.1, -0.05) is 30.3 Å². The average Bonchev–Trinajstić information content (AvgIpc) is 2.52. The summed E-state index contributed by atoms with van der Waals surface area (Å²) in [4.78, 5) is 8.89. The third-order valence-electron chi connectivity index (χ3n) is 3.37. The number of hydrogen-bond donors (Lipinski definition) is 1. The van der Waals surface area contributed by atoms with Gasteiger partial charge in [-0.3, -0.25) is 4.98 Å². The van der Waals surface area contributed by atoms with Gasteiger partial charge in [0, 0.05) is 18.1 Å². The molecule has 3 rings (SSSR count). The molecule has 0 atom stereocenters. The van der Waals surface area contributed by atoms with E-state index in [-0.39, 0.29) is 0 Å². The Kier molecular flexibility index (Phi) is 4.58. The van der Waals surface area contributed by atoms with Crippen molar-refractivity contribution >= 4 is 26.8 Å². The van der Waals surface area contributed by atoms with E-state index in [1.165, 1.54) is 10.9 Å². The Morgan fingerprint density at radius 2 is 1.86 bits per heavy atom. The molecule has 2 aromatic heterocycles. The van der Waals surface area contributed by atoms with Crippen LogP contribution in [0.1, 0.15) is 11.3 Å².